The first-order valence-corrected chi connectivity index (χ1v) is 12.0. The van der Waals surface area contributed by atoms with E-state index < -0.39 is 11.6 Å². The van der Waals surface area contributed by atoms with E-state index in [1.807, 2.05) is 36.9 Å². The molecule has 0 saturated carbocycles. The van der Waals surface area contributed by atoms with Gasteiger partial charge in [0.1, 0.15) is 11.9 Å². The van der Waals surface area contributed by atoms with Crippen LogP contribution < -0.4 is 0 Å². The normalized spacial score (nSPS) is 13.6. The van der Waals surface area contributed by atoms with Gasteiger partial charge in [0.05, 0.1) is 10.6 Å². The highest BCUT2D eigenvalue weighted by Gasteiger charge is 2.15. The molecule has 36 heavy (non-hydrogen) atoms. The van der Waals surface area contributed by atoms with Crippen molar-refractivity contribution in [3.63, 3.8) is 0 Å². The number of carbonyl (C=O) groups is 1. The van der Waals surface area contributed by atoms with Crippen LogP contribution in [0.5, 0.6) is 0 Å². The Bertz CT molecular complexity index is 1150. The Morgan fingerprint density at radius 1 is 1.00 bits per heavy atom. The molecule has 1 amide bonds. The number of amides is 1. The van der Waals surface area contributed by atoms with Gasteiger partial charge in [0, 0.05) is 13.1 Å². The summed E-state index contributed by atoms with van der Waals surface area (Å²) in [5.41, 5.74) is 3.13. The number of carbonyl (C=O) groups excluding carboxylic acids is 1. The lowest BCUT2D eigenvalue weighted by atomic mass is 10.2. The van der Waals surface area contributed by atoms with E-state index in [1.165, 1.54) is 18.6 Å². The molecule has 4 rings (SSSR count). The van der Waals surface area contributed by atoms with Gasteiger partial charge >= 0.3 is 0 Å². The topological polar surface area (TPSA) is 44.1 Å². The van der Waals surface area contributed by atoms with Crippen LogP contribution in [0.1, 0.15) is 42.5 Å². The van der Waals surface area contributed by atoms with Crippen LogP contribution in [-0.2, 0) is 11.2 Å². The number of benzene rings is 3. The Morgan fingerprint density at radius 2 is 1.64 bits per heavy atom. The fourth-order valence-electron chi connectivity index (χ4n) is 3.16. The van der Waals surface area contributed by atoms with Crippen LogP contribution in [0.4, 0.5) is 13.2 Å². The first-order chi connectivity index (χ1) is 17.1. The fraction of sp³-hybridized carbons (Fsp3) is 0.310. The van der Waals surface area contributed by atoms with Gasteiger partial charge in [0.25, 0.3) is 0 Å². The molecule has 192 valence electrons. The minimum absolute atomic E-state index is 0.0972. The lowest BCUT2D eigenvalue weighted by molar-refractivity contribution is -0.117. The quantitative estimate of drug-likeness (QED) is 0.328. The molecule has 1 heterocycles. The van der Waals surface area contributed by atoms with Crippen LogP contribution in [0.25, 0.3) is 0 Å². The third-order valence-electron chi connectivity index (χ3n) is 5.26. The molecule has 0 radical (unpaired) electrons. The first kappa shape index (κ1) is 30.7. The molecule has 1 saturated heterocycles. The van der Waals surface area contributed by atoms with Gasteiger partial charge in [-0.25, -0.2) is 13.2 Å². The van der Waals surface area contributed by atoms with Crippen LogP contribution in [-0.4, -0.2) is 24.4 Å². The number of aryl methyl sites for hydroxylation is 3. The maximum atomic E-state index is 12.6. The summed E-state index contributed by atoms with van der Waals surface area (Å²) in [6, 6.07) is 18.0. The molecule has 0 N–H and O–H groups in total. The third kappa shape index (κ3) is 11.4. The molecule has 1 fully saturated rings. The SMILES string of the molecule is CC1CCN(C=O)C1.CCc1ccccc1F.Cc1ccc(C#N)c(Cl)c1.Cc1ccc(F)c(F)c1. The second-order valence-corrected chi connectivity index (χ2v) is 8.86. The average Bonchev–Trinajstić information content (AvgIpc) is 3.29. The predicted molar refractivity (Wildman–Crippen MR) is 139 cm³/mol. The molecule has 0 spiro atoms. The largest absolute Gasteiger partial charge is 0.345 e. The predicted octanol–water partition coefficient (Wildman–Crippen LogP) is 7.67. The van der Waals surface area contributed by atoms with Gasteiger partial charge < -0.3 is 4.90 Å². The van der Waals surface area contributed by atoms with Crippen molar-refractivity contribution in [3.05, 3.63) is 105 Å². The molecule has 3 aromatic rings. The molecule has 7 heteroatoms. The first-order valence-electron chi connectivity index (χ1n) is 11.6. The average molecular weight is 517 g/mol. The van der Waals surface area contributed by atoms with Crippen LogP contribution in [0, 0.1) is 48.5 Å². The van der Waals surface area contributed by atoms with Crippen LogP contribution in [0.3, 0.4) is 0 Å². The number of rotatable bonds is 2. The molecule has 3 aromatic carbocycles. The smallest absolute Gasteiger partial charge is 0.209 e. The number of likely N-dealkylation sites (tertiary alicyclic amines) is 1. The van der Waals surface area contributed by atoms with E-state index in [1.54, 1.807) is 31.2 Å². The summed E-state index contributed by atoms with van der Waals surface area (Å²) in [4.78, 5) is 11.9. The fourth-order valence-corrected chi connectivity index (χ4v) is 3.44. The molecule has 1 unspecified atom stereocenters. The summed E-state index contributed by atoms with van der Waals surface area (Å²) >= 11 is 5.71. The van der Waals surface area contributed by atoms with Gasteiger partial charge in [-0.1, -0.05) is 55.8 Å². The monoisotopic (exact) mass is 516 g/mol. The number of hydrogen-bond acceptors (Lipinski definition) is 2. The number of halogens is 4. The van der Waals surface area contributed by atoms with Gasteiger partial charge in [0.2, 0.25) is 6.41 Å². The number of nitrogens with zero attached hydrogens (tertiary/aromatic N) is 2. The van der Waals surface area contributed by atoms with E-state index in [0.717, 1.165) is 60.7 Å². The van der Waals surface area contributed by atoms with Crippen molar-refractivity contribution >= 4 is 18.0 Å². The van der Waals surface area contributed by atoms with E-state index in [2.05, 4.69) is 6.92 Å². The maximum absolute atomic E-state index is 12.6. The highest BCUT2D eigenvalue weighted by Crippen LogP contribution is 2.15. The Hall–Kier alpha value is -3.30. The lowest BCUT2D eigenvalue weighted by Gasteiger charge is -2.04. The molecule has 0 bridgehead atoms. The van der Waals surface area contributed by atoms with Gasteiger partial charge in [-0.15, -0.1) is 0 Å². The van der Waals surface area contributed by atoms with E-state index in [9.17, 15) is 18.0 Å². The second kappa shape index (κ2) is 16.4. The lowest BCUT2D eigenvalue weighted by Crippen LogP contribution is -2.17. The molecule has 1 aliphatic rings. The summed E-state index contributed by atoms with van der Waals surface area (Å²) < 4.78 is 36.9. The third-order valence-corrected chi connectivity index (χ3v) is 5.58. The molecule has 0 aliphatic carbocycles. The van der Waals surface area contributed by atoms with Crippen molar-refractivity contribution in [1.82, 2.24) is 4.90 Å². The summed E-state index contributed by atoms with van der Waals surface area (Å²) in [6.07, 6.45) is 2.88. The number of nitriles is 1. The van der Waals surface area contributed by atoms with Crippen molar-refractivity contribution < 1.29 is 18.0 Å². The van der Waals surface area contributed by atoms with E-state index in [4.69, 9.17) is 16.9 Å². The van der Waals surface area contributed by atoms with Crippen LogP contribution >= 0.6 is 11.6 Å². The van der Waals surface area contributed by atoms with E-state index in [0.29, 0.717) is 10.6 Å². The Kier molecular flexibility index (Phi) is 14.0. The van der Waals surface area contributed by atoms with Gasteiger partial charge in [0.15, 0.2) is 11.6 Å². The summed E-state index contributed by atoms with van der Waals surface area (Å²) in [6.45, 7) is 9.69. The summed E-state index contributed by atoms with van der Waals surface area (Å²) in [7, 11) is 0. The Balaban J connectivity index is 0.000000241. The molecule has 3 nitrogen and oxygen atoms in total. The zero-order valence-electron chi connectivity index (χ0n) is 21.1. The van der Waals surface area contributed by atoms with Crippen molar-refractivity contribution in [3.8, 4) is 6.07 Å². The standard InChI is InChI=1S/C8H6ClN.C8H9F.C7H6F2.C6H11NO/c1-6-2-3-7(5-10)8(9)4-6;1-2-7-5-3-4-6-8(7)9;1-5-2-3-6(8)7(9)4-5;1-6-2-3-7(4-6)5-8/h2-4H,1H3;3-6H,2H2,1H3;2-4H,1H3;5-6H,2-4H2,1H3. The zero-order chi connectivity index (χ0) is 27.1. The highest BCUT2D eigenvalue weighted by molar-refractivity contribution is 6.31. The molecule has 0 aromatic heterocycles. The maximum Gasteiger partial charge on any atom is 0.209 e. The second-order valence-electron chi connectivity index (χ2n) is 8.45. The molecular formula is C29H32ClF3N2O. The van der Waals surface area contributed by atoms with E-state index in [-0.39, 0.29) is 5.82 Å². The number of hydrogen-bond donors (Lipinski definition) is 0. The zero-order valence-corrected chi connectivity index (χ0v) is 21.8. The van der Waals surface area contributed by atoms with Gasteiger partial charge in [-0.2, -0.15) is 5.26 Å². The van der Waals surface area contributed by atoms with Crippen molar-refractivity contribution in [2.24, 2.45) is 5.92 Å². The Labute approximate surface area is 217 Å². The van der Waals surface area contributed by atoms with Crippen molar-refractivity contribution in [2.45, 2.75) is 40.5 Å². The highest BCUT2D eigenvalue weighted by atomic mass is 35.5. The van der Waals surface area contributed by atoms with Gasteiger partial charge in [-0.05, 0) is 79.6 Å². The minimum Gasteiger partial charge on any atom is -0.345 e. The molecule has 1 atom stereocenters. The van der Waals surface area contributed by atoms with Crippen molar-refractivity contribution in [1.29, 1.82) is 5.26 Å². The minimum atomic E-state index is -0.791. The van der Waals surface area contributed by atoms with E-state index >= 15 is 0 Å². The Morgan fingerprint density at radius 3 is 2.06 bits per heavy atom. The summed E-state index contributed by atoms with van der Waals surface area (Å²) in [5.74, 6) is -0.948. The van der Waals surface area contributed by atoms with Gasteiger partial charge in [-0.3, -0.25) is 4.79 Å². The van der Waals surface area contributed by atoms with Crippen LogP contribution in [0.15, 0.2) is 60.7 Å². The van der Waals surface area contributed by atoms with Crippen molar-refractivity contribution in [2.75, 3.05) is 13.1 Å². The molecule has 1 aliphatic heterocycles. The van der Waals surface area contributed by atoms with Crippen LogP contribution in [0.2, 0.25) is 5.02 Å². The molecular weight excluding hydrogens is 485 g/mol. The summed E-state index contributed by atoms with van der Waals surface area (Å²) in [5, 5.41) is 9.00.